The summed E-state index contributed by atoms with van der Waals surface area (Å²) in [5, 5.41) is 6.29. The van der Waals surface area contributed by atoms with Crippen LogP contribution in [0.4, 0.5) is 4.39 Å². The van der Waals surface area contributed by atoms with Gasteiger partial charge in [-0.05, 0) is 37.5 Å². The van der Waals surface area contributed by atoms with Crippen molar-refractivity contribution in [1.82, 2.24) is 14.9 Å². The summed E-state index contributed by atoms with van der Waals surface area (Å²) >= 11 is 0. The lowest BCUT2D eigenvalue weighted by Crippen LogP contribution is -2.39. The third-order valence-electron chi connectivity index (χ3n) is 3.60. The minimum atomic E-state index is -3.12. The van der Waals surface area contributed by atoms with Gasteiger partial charge in [0.1, 0.15) is 5.82 Å². The molecule has 0 heterocycles. The molecule has 0 radical (unpaired) electrons. The summed E-state index contributed by atoms with van der Waals surface area (Å²) in [6, 6.07) is 6.51. The molecular formula is C16H27FN4O2S. The number of halogens is 1. The summed E-state index contributed by atoms with van der Waals surface area (Å²) in [4.78, 5) is 4.11. The van der Waals surface area contributed by atoms with Gasteiger partial charge in [0, 0.05) is 33.7 Å². The van der Waals surface area contributed by atoms with E-state index >= 15 is 0 Å². The predicted molar refractivity (Wildman–Crippen MR) is 96.2 cm³/mol. The van der Waals surface area contributed by atoms with Crippen molar-refractivity contribution in [3.63, 3.8) is 0 Å². The van der Waals surface area contributed by atoms with E-state index in [4.69, 9.17) is 0 Å². The fourth-order valence-corrected chi connectivity index (χ4v) is 2.95. The van der Waals surface area contributed by atoms with Gasteiger partial charge < -0.3 is 10.6 Å². The number of hydrogen-bond donors (Lipinski definition) is 2. The van der Waals surface area contributed by atoms with Crippen LogP contribution in [0, 0.1) is 5.82 Å². The van der Waals surface area contributed by atoms with Crippen LogP contribution in [-0.4, -0.2) is 58.2 Å². The smallest absolute Gasteiger partial charge is 0.213 e. The van der Waals surface area contributed by atoms with Crippen LogP contribution < -0.4 is 10.6 Å². The molecule has 1 aromatic carbocycles. The molecule has 0 aromatic heterocycles. The van der Waals surface area contributed by atoms with Gasteiger partial charge in [0.25, 0.3) is 0 Å². The minimum absolute atomic E-state index is 0.111. The van der Waals surface area contributed by atoms with Crippen LogP contribution in [0.1, 0.15) is 18.9 Å². The Hall–Kier alpha value is -1.67. The van der Waals surface area contributed by atoms with Crippen LogP contribution >= 0.6 is 0 Å². The normalized spacial score (nSPS) is 12.5. The number of aliphatic imine (C=N–C) groups is 1. The molecule has 8 heteroatoms. The number of sulfonamides is 1. The summed E-state index contributed by atoms with van der Waals surface area (Å²) in [6.07, 6.45) is 1.37. The molecule has 0 spiro atoms. The van der Waals surface area contributed by atoms with Crippen LogP contribution in [-0.2, 0) is 16.4 Å². The first-order valence-electron chi connectivity index (χ1n) is 8.02. The average Bonchev–Trinajstić information content (AvgIpc) is 2.56. The summed E-state index contributed by atoms with van der Waals surface area (Å²) in [5.74, 6) is 0.522. The zero-order chi connectivity index (χ0) is 18.0. The highest BCUT2D eigenvalue weighted by molar-refractivity contribution is 7.89. The van der Waals surface area contributed by atoms with Crippen molar-refractivity contribution in [2.75, 3.05) is 39.5 Å². The lowest BCUT2D eigenvalue weighted by Gasteiger charge is -2.16. The molecule has 0 atom stereocenters. The number of nitrogens with zero attached hydrogens (tertiary/aromatic N) is 2. The Morgan fingerprint density at radius 2 is 2.00 bits per heavy atom. The summed E-state index contributed by atoms with van der Waals surface area (Å²) in [6.45, 7) is 3.34. The lowest BCUT2D eigenvalue weighted by molar-refractivity contribution is 0.461. The van der Waals surface area contributed by atoms with Crippen LogP contribution in [0.2, 0.25) is 0 Å². The fourth-order valence-electron chi connectivity index (χ4n) is 2.11. The van der Waals surface area contributed by atoms with Gasteiger partial charge in [-0.1, -0.05) is 12.1 Å². The maximum Gasteiger partial charge on any atom is 0.213 e. The largest absolute Gasteiger partial charge is 0.356 e. The summed E-state index contributed by atoms with van der Waals surface area (Å²) in [7, 11) is 0.136. The Balaban J connectivity index is 2.26. The van der Waals surface area contributed by atoms with Crippen molar-refractivity contribution in [3.8, 4) is 0 Å². The second-order valence-electron chi connectivity index (χ2n) is 5.38. The van der Waals surface area contributed by atoms with Gasteiger partial charge in [0.2, 0.25) is 10.0 Å². The van der Waals surface area contributed by atoms with E-state index < -0.39 is 10.0 Å². The molecule has 136 valence electrons. The Labute approximate surface area is 144 Å². The second-order valence-corrected chi connectivity index (χ2v) is 7.75. The van der Waals surface area contributed by atoms with E-state index in [0.717, 1.165) is 5.56 Å². The van der Waals surface area contributed by atoms with Gasteiger partial charge in [-0.25, -0.2) is 17.1 Å². The Morgan fingerprint density at radius 1 is 1.29 bits per heavy atom. The molecule has 6 nitrogen and oxygen atoms in total. The zero-order valence-corrected chi connectivity index (χ0v) is 15.4. The number of benzene rings is 1. The van der Waals surface area contributed by atoms with E-state index in [0.29, 0.717) is 38.4 Å². The Bertz CT molecular complexity index is 635. The lowest BCUT2D eigenvalue weighted by atomic mass is 10.1. The molecule has 0 saturated carbocycles. The van der Waals surface area contributed by atoms with Gasteiger partial charge in [-0.3, -0.25) is 4.99 Å². The van der Waals surface area contributed by atoms with Gasteiger partial charge in [-0.2, -0.15) is 0 Å². The quantitative estimate of drug-likeness (QED) is 0.395. The predicted octanol–water partition coefficient (Wildman–Crippen LogP) is 1.20. The minimum Gasteiger partial charge on any atom is -0.356 e. The molecule has 1 rings (SSSR count). The van der Waals surface area contributed by atoms with Crippen LogP contribution in [0.3, 0.4) is 0 Å². The van der Waals surface area contributed by atoms with E-state index in [9.17, 15) is 12.8 Å². The van der Waals surface area contributed by atoms with Crippen LogP contribution in [0.15, 0.2) is 29.3 Å². The molecule has 0 aliphatic carbocycles. The van der Waals surface area contributed by atoms with Crippen molar-refractivity contribution in [2.45, 2.75) is 19.8 Å². The highest BCUT2D eigenvalue weighted by Gasteiger charge is 2.13. The molecule has 1 aromatic rings. The number of nitrogens with one attached hydrogen (secondary N) is 2. The molecule has 2 N–H and O–H groups in total. The first-order chi connectivity index (χ1) is 11.4. The zero-order valence-electron chi connectivity index (χ0n) is 14.5. The van der Waals surface area contributed by atoms with Crippen molar-refractivity contribution in [3.05, 3.63) is 35.6 Å². The van der Waals surface area contributed by atoms with Crippen molar-refractivity contribution in [1.29, 1.82) is 0 Å². The monoisotopic (exact) mass is 358 g/mol. The van der Waals surface area contributed by atoms with E-state index in [2.05, 4.69) is 15.6 Å². The molecule has 0 aliphatic rings. The van der Waals surface area contributed by atoms with Crippen LogP contribution in [0.25, 0.3) is 0 Å². The molecule has 0 aliphatic heterocycles. The Kier molecular flexibility index (Phi) is 8.70. The van der Waals surface area contributed by atoms with Gasteiger partial charge >= 0.3 is 0 Å². The third-order valence-corrected chi connectivity index (χ3v) is 5.46. The van der Waals surface area contributed by atoms with Crippen molar-refractivity contribution >= 4 is 16.0 Å². The standard InChI is InChI=1S/C16H27FN4O2S/c1-4-24(22,23)21(3)12-6-10-19-16(18-2)20-11-9-14-7-5-8-15(17)13-14/h5,7-8,13H,4,6,9-12H2,1-3H3,(H2,18,19,20). The maximum atomic E-state index is 13.1. The van der Waals surface area contributed by atoms with E-state index in [-0.39, 0.29) is 11.6 Å². The Morgan fingerprint density at radius 3 is 2.62 bits per heavy atom. The SMILES string of the molecule is CCS(=O)(=O)N(C)CCCNC(=NC)NCCc1cccc(F)c1. The first-order valence-corrected chi connectivity index (χ1v) is 9.63. The average molecular weight is 358 g/mol. The molecular weight excluding hydrogens is 331 g/mol. The van der Waals surface area contributed by atoms with Crippen molar-refractivity contribution in [2.24, 2.45) is 4.99 Å². The van der Waals surface area contributed by atoms with Crippen LogP contribution in [0.5, 0.6) is 0 Å². The number of rotatable bonds is 9. The molecule has 0 unspecified atom stereocenters. The molecule has 0 fully saturated rings. The molecule has 0 bridgehead atoms. The highest BCUT2D eigenvalue weighted by Crippen LogP contribution is 2.03. The summed E-state index contributed by atoms with van der Waals surface area (Å²) < 4.78 is 37.7. The fraction of sp³-hybridized carbons (Fsp3) is 0.562. The second kappa shape index (κ2) is 10.2. The van der Waals surface area contributed by atoms with Gasteiger partial charge in [0.05, 0.1) is 5.75 Å². The third kappa shape index (κ3) is 7.27. The van der Waals surface area contributed by atoms with E-state index in [1.807, 2.05) is 6.07 Å². The van der Waals surface area contributed by atoms with E-state index in [1.54, 1.807) is 27.1 Å². The molecule has 24 heavy (non-hydrogen) atoms. The molecule has 0 amide bonds. The molecule has 0 saturated heterocycles. The van der Waals surface area contributed by atoms with Crippen molar-refractivity contribution < 1.29 is 12.8 Å². The van der Waals surface area contributed by atoms with E-state index in [1.165, 1.54) is 16.4 Å². The first kappa shape index (κ1) is 20.4. The van der Waals surface area contributed by atoms with Gasteiger partial charge in [0.15, 0.2) is 5.96 Å². The number of hydrogen-bond acceptors (Lipinski definition) is 3. The number of guanidine groups is 1. The maximum absolute atomic E-state index is 13.1. The highest BCUT2D eigenvalue weighted by atomic mass is 32.2. The topological polar surface area (TPSA) is 73.8 Å². The van der Waals surface area contributed by atoms with Gasteiger partial charge in [-0.15, -0.1) is 0 Å². The summed E-state index contributed by atoms with van der Waals surface area (Å²) in [5.41, 5.74) is 0.921.